The second kappa shape index (κ2) is 7.56. The number of hydrogen-bond acceptors (Lipinski definition) is 5. The van der Waals surface area contributed by atoms with Gasteiger partial charge in [-0.15, -0.1) is 0 Å². The van der Waals surface area contributed by atoms with Gasteiger partial charge in [0.2, 0.25) is 5.91 Å². The number of benzene rings is 3. The summed E-state index contributed by atoms with van der Waals surface area (Å²) in [5, 5.41) is 10.9. The Kier molecular flexibility index (Phi) is 4.67. The van der Waals surface area contributed by atoms with E-state index >= 15 is 0 Å². The third-order valence-corrected chi connectivity index (χ3v) is 5.83. The molecular formula is C26H18N2O5. The summed E-state index contributed by atoms with van der Waals surface area (Å²) in [7, 11) is 0. The topological polar surface area (TPSA) is 95.0 Å². The first kappa shape index (κ1) is 20.4. The van der Waals surface area contributed by atoms with Gasteiger partial charge in [-0.3, -0.25) is 24.1 Å². The van der Waals surface area contributed by atoms with E-state index in [9.17, 15) is 24.3 Å². The Morgan fingerprint density at radius 1 is 0.758 bits per heavy atom. The van der Waals surface area contributed by atoms with Crippen LogP contribution in [0.25, 0.3) is 11.3 Å². The zero-order valence-electron chi connectivity index (χ0n) is 17.6. The standard InChI is InChI=1S/C26H18N2O5/c1-15(29)28-21-9-5-4-8-20(21)22(26(28)33)23(30)17-12-10-16(11-13-17)14-27-24(31)18-6-2-3-7-19(18)25(27)32/h2-13,30H,14H2,1H3. The third-order valence-electron chi connectivity index (χ3n) is 5.83. The van der Waals surface area contributed by atoms with E-state index in [4.69, 9.17) is 0 Å². The van der Waals surface area contributed by atoms with E-state index in [1.807, 2.05) is 0 Å². The number of rotatable bonds is 3. The molecular weight excluding hydrogens is 420 g/mol. The van der Waals surface area contributed by atoms with Gasteiger partial charge in [-0.05, 0) is 23.8 Å². The van der Waals surface area contributed by atoms with E-state index in [-0.39, 0.29) is 29.7 Å². The van der Waals surface area contributed by atoms with Gasteiger partial charge in [-0.25, -0.2) is 4.90 Å². The van der Waals surface area contributed by atoms with E-state index in [0.717, 1.165) is 4.90 Å². The van der Waals surface area contributed by atoms with Gasteiger partial charge >= 0.3 is 0 Å². The molecule has 33 heavy (non-hydrogen) atoms. The lowest BCUT2D eigenvalue weighted by molar-refractivity contribution is -0.122. The van der Waals surface area contributed by atoms with Gasteiger partial charge < -0.3 is 5.11 Å². The van der Waals surface area contributed by atoms with Crippen molar-refractivity contribution in [3.63, 3.8) is 0 Å². The van der Waals surface area contributed by atoms with Crippen molar-refractivity contribution < 1.29 is 24.3 Å². The van der Waals surface area contributed by atoms with Crippen molar-refractivity contribution >= 4 is 40.6 Å². The lowest BCUT2D eigenvalue weighted by Crippen LogP contribution is -2.31. The second-order valence-electron chi connectivity index (χ2n) is 7.84. The first-order chi connectivity index (χ1) is 15.9. The highest BCUT2D eigenvalue weighted by molar-refractivity contribution is 6.42. The van der Waals surface area contributed by atoms with Crippen LogP contribution in [0, 0.1) is 0 Å². The van der Waals surface area contributed by atoms with Crippen LogP contribution < -0.4 is 4.90 Å². The molecule has 162 valence electrons. The zero-order chi connectivity index (χ0) is 23.3. The summed E-state index contributed by atoms with van der Waals surface area (Å²) in [6.07, 6.45) is 0. The molecule has 0 saturated heterocycles. The molecule has 1 N–H and O–H groups in total. The van der Waals surface area contributed by atoms with E-state index in [2.05, 4.69) is 0 Å². The number of carbonyl (C=O) groups excluding carboxylic acids is 4. The van der Waals surface area contributed by atoms with Crippen molar-refractivity contribution in [2.24, 2.45) is 0 Å². The summed E-state index contributed by atoms with van der Waals surface area (Å²) < 4.78 is 0. The van der Waals surface area contributed by atoms with E-state index in [1.165, 1.54) is 11.8 Å². The molecule has 3 aromatic rings. The molecule has 0 saturated carbocycles. The number of hydrogen-bond donors (Lipinski definition) is 1. The maximum Gasteiger partial charge on any atom is 0.269 e. The molecule has 2 heterocycles. The van der Waals surface area contributed by atoms with E-state index in [1.54, 1.807) is 72.8 Å². The van der Waals surface area contributed by atoms with Gasteiger partial charge in [0, 0.05) is 18.1 Å². The summed E-state index contributed by atoms with van der Waals surface area (Å²) in [4.78, 5) is 52.3. The van der Waals surface area contributed by atoms with Gasteiger partial charge in [0.25, 0.3) is 17.7 Å². The predicted octanol–water partition coefficient (Wildman–Crippen LogP) is 3.80. The third kappa shape index (κ3) is 3.13. The summed E-state index contributed by atoms with van der Waals surface area (Å²) in [5.74, 6) is -1.96. The molecule has 0 aromatic heterocycles. The highest BCUT2D eigenvalue weighted by Crippen LogP contribution is 2.40. The smallest absolute Gasteiger partial charge is 0.269 e. The Morgan fingerprint density at radius 2 is 1.30 bits per heavy atom. The van der Waals surface area contributed by atoms with Crippen LogP contribution in [0.5, 0.6) is 0 Å². The van der Waals surface area contributed by atoms with Gasteiger partial charge in [-0.2, -0.15) is 0 Å². The minimum absolute atomic E-state index is 0.0499. The molecule has 0 fully saturated rings. The number of aliphatic hydroxyl groups is 1. The van der Waals surface area contributed by atoms with Gasteiger partial charge in [0.15, 0.2) is 0 Å². The quantitative estimate of drug-likeness (QED) is 0.381. The van der Waals surface area contributed by atoms with Crippen LogP contribution in [0.3, 0.4) is 0 Å². The molecule has 0 spiro atoms. The number of anilines is 1. The predicted molar refractivity (Wildman–Crippen MR) is 121 cm³/mol. The van der Waals surface area contributed by atoms with Gasteiger partial charge in [0.1, 0.15) is 5.76 Å². The lowest BCUT2D eigenvalue weighted by Gasteiger charge is -2.14. The van der Waals surface area contributed by atoms with Crippen LogP contribution in [0.2, 0.25) is 0 Å². The van der Waals surface area contributed by atoms with Crippen LogP contribution in [0.1, 0.15) is 44.3 Å². The average Bonchev–Trinajstić information content (AvgIpc) is 3.25. The van der Waals surface area contributed by atoms with Crippen LogP contribution in [0.15, 0.2) is 72.8 Å². The molecule has 4 amide bonds. The molecule has 0 bridgehead atoms. The number of nitrogens with zero attached hydrogens (tertiary/aromatic N) is 2. The van der Waals surface area contributed by atoms with Crippen molar-refractivity contribution in [2.45, 2.75) is 13.5 Å². The second-order valence-corrected chi connectivity index (χ2v) is 7.84. The van der Waals surface area contributed by atoms with E-state index in [0.29, 0.717) is 33.5 Å². The fourth-order valence-electron chi connectivity index (χ4n) is 4.24. The molecule has 7 nitrogen and oxygen atoms in total. The Balaban J connectivity index is 1.44. The first-order valence-electron chi connectivity index (χ1n) is 10.3. The molecule has 7 heteroatoms. The number of imide groups is 2. The zero-order valence-corrected chi connectivity index (χ0v) is 17.6. The minimum atomic E-state index is -0.587. The van der Waals surface area contributed by atoms with Gasteiger partial charge in [-0.1, -0.05) is 54.6 Å². The Labute approximate surface area is 189 Å². The summed E-state index contributed by atoms with van der Waals surface area (Å²) in [6, 6.07) is 20.1. The highest BCUT2D eigenvalue weighted by atomic mass is 16.3. The Morgan fingerprint density at radius 3 is 1.88 bits per heavy atom. The van der Waals surface area contributed by atoms with Crippen molar-refractivity contribution in [3.05, 3.63) is 101 Å². The maximum absolute atomic E-state index is 12.9. The first-order valence-corrected chi connectivity index (χ1v) is 10.3. The maximum atomic E-state index is 12.9. The molecule has 0 atom stereocenters. The Bertz CT molecular complexity index is 1350. The molecule has 5 rings (SSSR count). The number of fused-ring (bicyclic) bond motifs is 2. The number of amides is 4. The van der Waals surface area contributed by atoms with Crippen LogP contribution in [-0.2, 0) is 16.1 Å². The van der Waals surface area contributed by atoms with Gasteiger partial charge in [0.05, 0.1) is 28.9 Å². The van der Waals surface area contributed by atoms with Crippen LogP contribution in [-0.4, -0.2) is 33.6 Å². The van der Waals surface area contributed by atoms with E-state index < -0.39 is 11.8 Å². The van der Waals surface area contributed by atoms with Crippen molar-refractivity contribution in [3.8, 4) is 0 Å². The van der Waals surface area contributed by atoms with Crippen LogP contribution >= 0.6 is 0 Å². The monoisotopic (exact) mass is 438 g/mol. The normalized spacial score (nSPS) is 16.2. The molecule has 0 radical (unpaired) electrons. The average molecular weight is 438 g/mol. The molecule has 3 aromatic carbocycles. The summed E-state index contributed by atoms with van der Waals surface area (Å²) in [5.41, 5.74) is 2.79. The fourth-order valence-corrected chi connectivity index (χ4v) is 4.24. The van der Waals surface area contributed by atoms with Crippen molar-refractivity contribution in [2.75, 3.05) is 4.90 Å². The minimum Gasteiger partial charge on any atom is -0.506 e. The molecule has 2 aliphatic rings. The largest absolute Gasteiger partial charge is 0.506 e. The summed E-state index contributed by atoms with van der Waals surface area (Å²) in [6.45, 7) is 1.38. The molecule has 0 aliphatic carbocycles. The molecule has 0 unspecified atom stereocenters. The van der Waals surface area contributed by atoms with Crippen molar-refractivity contribution in [1.82, 2.24) is 4.90 Å². The lowest BCUT2D eigenvalue weighted by atomic mass is 10.0. The van der Waals surface area contributed by atoms with Crippen LogP contribution in [0.4, 0.5) is 5.69 Å². The number of carbonyl (C=O) groups is 4. The molecule has 2 aliphatic heterocycles. The van der Waals surface area contributed by atoms with Crippen molar-refractivity contribution in [1.29, 1.82) is 0 Å². The fraction of sp³-hybridized carbons (Fsp3) is 0.0769. The highest BCUT2D eigenvalue weighted by Gasteiger charge is 2.38. The SMILES string of the molecule is CC(=O)N1C(=O)C(=C(O)c2ccc(CN3C(=O)c4ccccc4C3=O)cc2)c2ccccc21. The number of aliphatic hydroxyl groups excluding tert-OH is 1. The Hall–Kier alpha value is -4.52. The summed E-state index contributed by atoms with van der Waals surface area (Å²) >= 11 is 0. The number of para-hydroxylation sites is 1.